The molecule has 14 nitrogen and oxygen atoms in total. The fourth-order valence-electron chi connectivity index (χ4n) is 3.37. The summed E-state index contributed by atoms with van der Waals surface area (Å²) in [4.78, 5) is 64.9. The highest BCUT2D eigenvalue weighted by molar-refractivity contribution is 5.94. The molecule has 0 aromatic carbocycles. The molecule has 0 spiro atoms. The lowest BCUT2D eigenvalue weighted by molar-refractivity contribution is -0.143. The maximum Gasteiger partial charge on any atom is 0.326 e. The third kappa shape index (κ3) is 14.0. The van der Waals surface area contributed by atoms with Gasteiger partial charge in [-0.05, 0) is 37.5 Å². The van der Waals surface area contributed by atoms with Crippen molar-refractivity contribution in [1.82, 2.24) is 16.0 Å². The van der Waals surface area contributed by atoms with E-state index in [-0.39, 0.29) is 50.0 Å². The van der Waals surface area contributed by atoms with E-state index in [0.29, 0.717) is 12.8 Å². The van der Waals surface area contributed by atoms with E-state index in [9.17, 15) is 29.1 Å². The van der Waals surface area contributed by atoms with Crippen molar-refractivity contribution in [3.05, 3.63) is 0 Å². The molecule has 0 aromatic heterocycles. The van der Waals surface area contributed by atoms with E-state index >= 15 is 0 Å². The number of carboxylic acid groups (broad SMARTS) is 2. The van der Waals surface area contributed by atoms with Crippen LogP contribution in [0.2, 0.25) is 0 Å². The first-order valence-corrected chi connectivity index (χ1v) is 12.4. The van der Waals surface area contributed by atoms with Crippen LogP contribution in [0.5, 0.6) is 0 Å². The first-order valence-electron chi connectivity index (χ1n) is 12.4. The van der Waals surface area contributed by atoms with Crippen LogP contribution in [-0.2, 0) is 24.0 Å². The highest BCUT2D eigenvalue weighted by Crippen LogP contribution is 2.12. The van der Waals surface area contributed by atoms with Crippen molar-refractivity contribution in [3.8, 4) is 0 Å². The smallest absolute Gasteiger partial charge is 0.326 e. The number of nitrogens with zero attached hydrogens (tertiary/aromatic N) is 1. The number of carbonyl (C=O) groups is 5. The zero-order valence-corrected chi connectivity index (χ0v) is 22.0. The molecular formula is C23H43N7O7. The van der Waals surface area contributed by atoms with E-state index in [1.165, 1.54) is 0 Å². The molecule has 0 saturated heterocycles. The van der Waals surface area contributed by atoms with Gasteiger partial charge in [0.2, 0.25) is 17.7 Å². The summed E-state index contributed by atoms with van der Waals surface area (Å²) < 4.78 is 0. The molecule has 5 unspecified atom stereocenters. The van der Waals surface area contributed by atoms with E-state index in [0.717, 1.165) is 0 Å². The van der Waals surface area contributed by atoms with Crippen molar-refractivity contribution < 1.29 is 34.2 Å². The van der Waals surface area contributed by atoms with Crippen LogP contribution >= 0.6 is 0 Å². The number of nitrogens with one attached hydrogen (secondary N) is 3. The zero-order valence-electron chi connectivity index (χ0n) is 22.0. The second-order valence-electron chi connectivity index (χ2n) is 9.45. The highest BCUT2D eigenvalue weighted by Gasteiger charge is 2.33. The molecule has 37 heavy (non-hydrogen) atoms. The van der Waals surface area contributed by atoms with Gasteiger partial charge in [0.05, 0.1) is 6.04 Å². The van der Waals surface area contributed by atoms with Crippen molar-refractivity contribution in [1.29, 1.82) is 0 Å². The maximum atomic E-state index is 13.1. The standard InChI is InChI=1S/C23H43N7O7/c1-5-13(4)18(21(35)28-15(22(36)37)7-6-10-27-23(25)26)30-20(34)16(11-12(2)3)29-19(33)14(24)8-9-17(31)32/h12-16,18H,5-11,24H2,1-4H3,(H,28,35)(H,29,33)(H,30,34)(H,31,32)(H,36,37)(H4,25,26,27). The van der Waals surface area contributed by atoms with Gasteiger partial charge in [0.15, 0.2) is 5.96 Å². The van der Waals surface area contributed by atoms with Gasteiger partial charge in [0, 0.05) is 13.0 Å². The molecule has 14 heteroatoms. The van der Waals surface area contributed by atoms with Crippen LogP contribution in [0.3, 0.4) is 0 Å². The van der Waals surface area contributed by atoms with Gasteiger partial charge in [-0.15, -0.1) is 0 Å². The predicted octanol–water partition coefficient (Wildman–Crippen LogP) is -1.14. The number of hydrogen-bond donors (Lipinski definition) is 8. The summed E-state index contributed by atoms with van der Waals surface area (Å²) in [6.45, 7) is 7.43. The minimum atomic E-state index is -1.24. The average Bonchev–Trinajstić information content (AvgIpc) is 2.80. The SMILES string of the molecule is CCC(C)C(NC(=O)C(CC(C)C)NC(=O)C(N)CCC(=O)O)C(=O)NC(CCCN=C(N)N)C(=O)O. The summed E-state index contributed by atoms with van der Waals surface area (Å²) >= 11 is 0. The van der Waals surface area contributed by atoms with E-state index < -0.39 is 53.8 Å². The number of aliphatic carboxylic acids is 2. The van der Waals surface area contributed by atoms with Gasteiger partial charge in [0.25, 0.3) is 0 Å². The van der Waals surface area contributed by atoms with Crippen LogP contribution in [0.1, 0.15) is 66.2 Å². The first kappa shape index (κ1) is 33.6. The first-order chi connectivity index (χ1) is 17.2. The summed E-state index contributed by atoms with van der Waals surface area (Å²) in [5.41, 5.74) is 16.3. The van der Waals surface area contributed by atoms with E-state index in [1.807, 2.05) is 20.8 Å². The topological polar surface area (TPSA) is 252 Å². The monoisotopic (exact) mass is 529 g/mol. The number of guanidine groups is 1. The van der Waals surface area contributed by atoms with Gasteiger partial charge >= 0.3 is 11.9 Å². The molecule has 5 atom stereocenters. The Kier molecular flexibility index (Phi) is 15.5. The largest absolute Gasteiger partial charge is 0.481 e. The van der Waals surface area contributed by atoms with Gasteiger partial charge < -0.3 is 43.4 Å². The summed E-state index contributed by atoms with van der Waals surface area (Å²) in [6, 6.07) is -4.44. The van der Waals surface area contributed by atoms with Crippen LogP contribution in [-0.4, -0.2) is 76.5 Å². The van der Waals surface area contributed by atoms with Crippen molar-refractivity contribution in [3.63, 3.8) is 0 Å². The molecule has 3 amide bonds. The number of amides is 3. The van der Waals surface area contributed by atoms with Crippen molar-refractivity contribution in [2.24, 2.45) is 34.0 Å². The fourth-order valence-corrected chi connectivity index (χ4v) is 3.37. The maximum absolute atomic E-state index is 13.1. The fraction of sp³-hybridized carbons (Fsp3) is 0.739. The van der Waals surface area contributed by atoms with E-state index in [4.69, 9.17) is 22.3 Å². The van der Waals surface area contributed by atoms with Crippen LogP contribution < -0.4 is 33.2 Å². The predicted molar refractivity (Wildman–Crippen MR) is 137 cm³/mol. The number of carbonyl (C=O) groups excluding carboxylic acids is 3. The van der Waals surface area contributed by atoms with E-state index in [2.05, 4.69) is 20.9 Å². The Labute approximate surface area is 217 Å². The normalized spacial score (nSPS) is 15.0. The molecule has 0 aliphatic rings. The van der Waals surface area contributed by atoms with Crippen LogP contribution in [0.4, 0.5) is 0 Å². The van der Waals surface area contributed by atoms with Crippen molar-refractivity contribution in [2.45, 2.75) is 90.4 Å². The molecule has 212 valence electrons. The van der Waals surface area contributed by atoms with Gasteiger partial charge in [-0.1, -0.05) is 34.1 Å². The summed E-state index contributed by atoms with van der Waals surface area (Å²) in [5, 5.41) is 26.0. The van der Waals surface area contributed by atoms with Crippen molar-refractivity contribution in [2.75, 3.05) is 6.54 Å². The molecular weight excluding hydrogens is 486 g/mol. The molecule has 0 aliphatic carbocycles. The minimum absolute atomic E-state index is 0.0104. The Morgan fingerprint density at radius 2 is 1.46 bits per heavy atom. The van der Waals surface area contributed by atoms with Gasteiger partial charge in [0.1, 0.15) is 18.1 Å². The average molecular weight is 530 g/mol. The molecule has 0 aromatic rings. The molecule has 0 heterocycles. The van der Waals surface area contributed by atoms with Crippen LogP contribution in [0.25, 0.3) is 0 Å². The molecule has 0 bridgehead atoms. The van der Waals surface area contributed by atoms with Crippen LogP contribution in [0.15, 0.2) is 4.99 Å². The number of rotatable bonds is 18. The zero-order chi connectivity index (χ0) is 28.7. The molecule has 0 rings (SSSR count). The summed E-state index contributed by atoms with van der Waals surface area (Å²) in [7, 11) is 0. The minimum Gasteiger partial charge on any atom is -0.481 e. The summed E-state index contributed by atoms with van der Waals surface area (Å²) in [5.74, 6) is -4.82. The van der Waals surface area contributed by atoms with Crippen molar-refractivity contribution >= 4 is 35.6 Å². The van der Waals surface area contributed by atoms with Gasteiger partial charge in [-0.25, -0.2) is 4.79 Å². The third-order valence-corrected chi connectivity index (χ3v) is 5.70. The van der Waals surface area contributed by atoms with Crippen LogP contribution in [0, 0.1) is 11.8 Å². The lowest BCUT2D eigenvalue weighted by Gasteiger charge is -2.28. The second kappa shape index (κ2) is 17.1. The molecule has 0 aliphatic heterocycles. The highest BCUT2D eigenvalue weighted by atomic mass is 16.4. The Morgan fingerprint density at radius 3 is 1.95 bits per heavy atom. The molecule has 0 saturated carbocycles. The quantitative estimate of drug-likeness (QED) is 0.0601. The Morgan fingerprint density at radius 1 is 0.865 bits per heavy atom. The molecule has 0 fully saturated rings. The molecule has 11 N–H and O–H groups in total. The third-order valence-electron chi connectivity index (χ3n) is 5.70. The number of hydrogen-bond acceptors (Lipinski definition) is 7. The summed E-state index contributed by atoms with van der Waals surface area (Å²) in [6.07, 6.45) is 0.708. The van der Waals surface area contributed by atoms with Gasteiger partial charge in [-0.3, -0.25) is 24.2 Å². The number of aliphatic imine (C=N–C) groups is 1. The van der Waals surface area contributed by atoms with E-state index in [1.54, 1.807) is 6.92 Å². The molecule has 0 radical (unpaired) electrons. The number of carboxylic acids is 2. The van der Waals surface area contributed by atoms with Gasteiger partial charge in [-0.2, -0.15) is 0 Å². The Hall–Kier alpha value is -3.42. The Bertz CT molecular complexity index is 815. The second-order valence-corrected chi connectivity index (χ2v) is 9.45. The lowest BCUT2D eigenvalue weighted by Crippen LogP contribution is -2.58. The lowest BCUT2D eigenvalue weighted by atomic mass is 9.96. The Balaban J connectivity index is 5.50. The number of nitrogens with two attached hydrogens (primary N) is 3.